The number of amides is 1. The minimum atomic E-state index is -0.337. The number of unbranched alkanes of at least 4 members (excludes halogenated alkanes) is 1. The molecule has 4 rings (SSSR count). The van der Waals surface area contributed by atoms with E-state index >= 15 is 0 Å². The smallest absolute Gasteiger partial charge is 0.262 e. The Balaban J connectivity index is 1.46. The van der Waals surface area contributed by atoms with E-state index in [1.165, 1.54) is 18.4 Å². The average molecular weight is 469 g/mol. The summed E-state index contributed by atoms with van der Waals surface area (Å²) in [6.07, 6.45) is 3.40. The zero-order chi connectivity index (χ0) is 22.5. The summed E-state index contributed by atoms with van der Waals surface area (Å²) in [6, 6.07) is 18.4. The molecule has 0 aliphatic heterocycles. The number of fused-ring (bicyclic) bond motifs is 1. The fraction of sp³-hybridized carbons (Fsp3) is 0.208. The van der Waals surface area contributed by atoms with Crippen LogP contribution in [-0.4, -0.2) is 27.5 Å². The third-order valence-electron chi connectivity index (χ3n) is 4.91. The highest BCUT2D eigenvalue weighted by Crippen LogP contribution is 2.27. The second-order valence-electron chi connectivity index (χ2n) is 7.37. The number of aromatic nitrogens is 3. The van der Waals surface area contributed by atoms with E-state index in [1.54, 1.807) is 41.2 Å². The Bertz CT molecular complexity index is 1220. The maximum Gasteiger partial charge on any atom is 0.262 e. The van der Waals surface area contributed by atoms with Gasteiger partial charge in [0.05, 0.1) is 16.4 Å². The van der Waals surface area contributed by atoms with Gasteiger partial charge in [0.25, 0.3) is 5.91 Å². The zero-order valence-electron chi connectivity index (χ0n) is 17.5. The lowest BCUT2D eigenvalue weighted by molar-refractivity contribution is -0.118. The van der Waals surface area contributed by atoms with Crippen molar-refractivity contribution in [3.05, 3.63) is 76.3 Å². The van der Waals surface area contributed by atoms with E-state index in [1.807, 2.05) is 12.1 Å². The number of hydrogen-bond donors (Lipinski definition) is 1. The van der Waals surface area contributed by atoms with Crippen molar-refractivity contribution in [2.75, 3.05) is 11.9 Å². The van der Waals surface area contributed by atoms with Crippen molar-refractivity contribution in [2.24, 2.45) is 0 Å². The molecule has 0 unspecified atom stereocenters. The summed E-state index contributed by atoms with van der Waals surface area (Å²) in [4.78, 5) is 13.9. The highest BCUT2D eigenvalue weighted by atomic mass is 35.5. The Morgan fingerprint density at radius 1 is 1.00 bits per heavy atom. The number of hydrogen-bond acceptors (Lipinski definition) is 4. The molecule has 0 bridgehead atoms. The van der Waals surface area contributed by atoms with Crippen molar-refractivity contribution in [3.63, 3.8) is 0 Å². The minimum absolute atomic E-state index is 0.160. The van der Waals surface area contributed by atoms with Crippen LogP contribution in [0, 0.1) is 0 Å². The van der Waals surface area contributed by atoms with Crippen molar-refractivity contribution < 1.29 is 9.53 Å². The van der Waals surface area contributed by atoms with Crippen LogP contribution in [0.25, 0.3) is 16.7 Å². The molecule has 1 N–H and O–H groups in total. The SMILES string of the molecule is CCCCc1ccc(-n2nc3cc(Cl)c(NC(=O)COc4ccc(Cl)cc4)cc3n2)cc1. The number of rotatable bonds is 8. The Kier molecular flexibility index (Phi) is 6.93. The Labute approximate surface area is 196 Å². The van der Waals surface area contributed by atoms with E-state index in [-0.39, 0.29) is 12.5 Å². The van der Waals surface area contributed by atoms with Crippen LogP contribution < -0.4 is 10.1 Å². The molecule has 1 heterocycles. The number of carbonyl (C=O) groups excluding carboxylic acids is 1. The quantitative estimate of drug-likeness (QED) is 0.339. The highest BCUT2D eigenvalue weighted by Gasteiger charge is 2.12. The number of halogens is 2. The Hall–Kier alpha value is -3.09. The first kappa shape index (κ1) is 22.1. The van der Waals surface area contributed by atoms with E-state index in [2.05, 4.69) is 34.6 Å². The van der Waals surface area contributed by atoms with Crippen molar-refractivity contribution in [3.8, 4) is 11.4 Å². The molecule has 0 saturated carbocycles. The van der Waals surface area contributed by atoms with Crippen LogP contribution in [0.3, 0.4) is 0 Å². The maximum atomic E-state index is 12.3. The van der Waals surface area contributed by atoms with E-state index in [0.717, 1.165) is 12.1 Å². The second kappa shape index (κ2) is 10.0. The summed E-state index contributed by atoms with van der Waals surface area (Å²) in [7, 11) is 0. The predicted octanol–water partition coefficient (Wildman–Crippen LogP) is 6.09. The molecule has 0 saturated heterocycles. The van der Waals surface area contributed by atoms with Gasteiger partial charge in [0, 0.05) is 5.02 Å². The van der Waals surface area contributed by atoms with Crippen LogP contribution >= 0.6 is 23.2 Å². The number of aryl methyl sites for hydroxylation is 1. The fourth-order valence-electron chi connectivity index (χ4n) is 3.19. The van der Waals surface area contributed by atoms with E-state index in [9.17, 15) is 4.79 Å². The number of carbonyl (C=O) groups is 1. The van der Waals surface area contributed by atoms with Gasteiger partial charge < -0.3 is 10.1 Å². The molecule has 32 heavy (non-hydrogen) atoms. The largest absolute Gasteiger partial charge is 0.484 e. The van der Waals surface area contributed by atoms with Crippen LogP contribution in [0.1, 0.15) is 25.3 Å². The molecular formula is C24H22Cl2N4O2. The second-order valence-corrected chi connectivity index (χ2v) is 8.21. The van der Waals surface area contributed by atoms with Gasteiger partial charge >= 0.3 is 0 Å². The van der Waals surface area contributed by atoms with E-state index < -0.39 is 0 Å². The molecule has 4 aromatic rings. The molecule has 0 spiro atoms. The average Bonchev–Trinajstić information content (AvgIpc) is 3.20. The van der Waals surface area contributed by atoms with Gasteiger partial charge in [0.2, 0.25) is 0 Å². The third kappa shape index (κ3) is 5.39. The molecule has 0 fully saturated rings. The molecule has 0 radical (unpaired) electrons. The molecule has 0 aliphatic rings. The zero-order valence-corrected chi connectivity index (χ0v) is 19.0. The number of ether oxygens (including phenoxy) is 1. The third-order valence-corrected chi connectivity index (χ3v) is 5.48. The van der Waals surface area contributed by atoms with Gasteiger partial charge in [0.1, 0.15) is 16.8 Å². The van der Waals surface area contributed by atoms with Gasteiger partial charge in [-0.15, -0.1) is 10.2 Å². The Morgan fingerprint density at radius 3 is 2.38 bits per heavy atom. The topological polar surface area (TPSA) is 69.0 Å². The first-order chi connectivity index (χ1) is 15.5. The molecule has 0 aliphatic carbocycles. The van der Waals surface area contributed by atoms with Crippen LogP contribution in [0.5, 0.6) is 5.75 Å². The van der Waals surface area contributed by atoms with E-state index in [0.29, 0.717) is 32.5 Å². The molecule has 164 valence electrons. The van der Waals surface area contributed by atoms with Crippen LogP contribution in [0.15, 0.2) is 60.7 Å². The van der Waals surface area contributed by atoms with Crippen molar-refractivity contribution >= 4 is 45.8 Å². The normalized spacial score (nSPS) is 11.0. The standard InChI is InChI=1S/C24H22Cl2N4O2/c1-2-3-4-16-5-9-18(10-6-16)30-28-22-13-20(26)21(14-23(22)29-30)27-24(31)15-32-19-11-7-17(25)8-12-19/h5-14H,2-4,15H2,1H3,(H,27,31). The summed E-state index contributed by atoms with van der Waals surface area (Å²) < 4.78 is 5.47. The first-order valence-electron chi connectivity index (χ1n) is 10.4. The predicted molar refractivity (Wildman–Crippen MR) is 128 cm³/mol. The lowest BCUT2D eigenvalue weighted by Gasteiger charge is -2.08. The van der Waals surface area contributed by atoms with Gasteiger partial charge in [-0.05, 0) is 66.9 Å². The summed E-state index contributed by atoms with van der Waals surface area (Å²) >= 11 is 12.2. The van der Waals surface area contributed by atoms with Gasteiger partial charge in [-0.1, -0.05) is 48.7 Å². The van der Waals surface area contributed by atoms with Crippen LogP contribution in [-0.2, 0) is 11.2 Å². The number of anilines is 1. The molecule has 6 nitrogen and oxygen atoms in total. The number of nitrogens with one attached hydrogen (secondary N) is 1. The van der Waals surface area contributed by atoms with Crippen molar-refractivity contribution in [1.82, 2.24) is 15.0 Å². The highest BCUT2D eigenvalue weighted by molar-refractivity contribution is 6.34. The maximum absolute atomic E-state index is 12.3. The number of nitrogens with zero attached hydrogens (tertiary/aromatic N) is 3. The Morgan fingerprint density at radius 2 is 1.69 bits per heavy atom. The number of benzene rings is 3. The lowest BCUT2D eigenvalue weighted by Crippen LogP contribution is -2.20. The molecule has 1 amide bonds. The molecule has 3 aromatic carbocycles. The first-order valence-corrected chi connectivity index (χ1v) is 11.1. The molecule has 1 aromatic heterocycles. The fourth-order valence-corrected chi connectivity index (χ4v) is 3.52. The summed E-state index contributed by atoms with van der Waals surface area (Å²) in [6.45, 7) is 2.02. The van der Waals surface area contributed by atoms with Crippen molar-refractivity contribution in [1.29, 1.82) is 0 Å². The van der Waals surface area contributed by atoms with Gasteiger partial charge in [0.15, 0.2) is 6.61 Å². The molecular weight excluding hydrogens is 447 g/mol. The molecule has 8 heteroatoms. The molecule has 0 atom stereocenters. The van der Waals surface area contributed by atoms with Crippen LogP contribution in [0.2, 0.25) is 10.0 Å². The summed E-state index contributed by atoms with van der Waals surface area (Å²) in [5.41, 5.74) is 3.87. The minimum Gasteiger partial charge on any atom is -0.484 e. The van der Waals surface area contributed by atoms with Crippen molar-refractivity contribution in [2.45, 2.75) is 26.2 Å². The van der Waals surface area contributed by atoms with Gasteiger partial charge in [-0.25, -0.2) is 0 Å². The monoisotopic (exact) mass is 468 g/mol. The van der Waals surface area contributed by atoms with E-state index in [4.69, 9.17) is 27.9 Å². The van der Waals surface area contributed by atoms with Gasteiger partial charge in [-0.2, -0.15) is 4.80 Å². The summed E-state index contributed by atoms with van der Waals surface area (Å²) in [5, 5.41) is 12.8. The van der Waals surface area contributed by atoms with Gasteiger partial charge in [-0.3, -0.25) is 4.79 Å². The van der Waals surface area contributed by atoms with Crippen LogP contribution in [0.4, 0.5) is 5.69 Å². The summed E-state index contributed by atoms with van der Waals surface area (Å²) in [5.74, 6) is 0.214. The lowest BCUT2D eigenvalue weighted by atomic mass is 10.1.